The molecule has 1 atom stereocenters. The summed E-state index contributed by atoms with van der Waals surface area (Å²) in [5.74, 6) is 2.16. The predicted molar refractivity (Wildman–Crippen MR) is 114 cm³/mol. The molecule has 4 aromatic rings. The molecule has 0 radical (unpaired) electrons. The van der Waals surface area contributed by atoms with Crippen LogP contribution in [0.3, 0.4) is 0 Å². The Kier molecular flexibility index (Phi) is 4.89. The van der Waals surface area contributed by atoms with Gasteiger partial charge in [0.25, 0.3) is 5.91 Å². The van der Waals surface area contributed by atoms with Crippen LogP contribution in [0.25, 0.3) is 5.82 Å². The van der Waals surface area contributed by atoms with E-state index in [0.717, 1.165) is 5.69 Å². The normalized spacial score (nSPS) is 14.6. The Balaban J connectivity index is 1.19. The van der Waals surface area contributed by atoms with Crippen LogP contribution in [0.4, 0.5) is 17.2 Å². The van der Waals surface area contributed by atoms with Crippen molar-refractivity contribution >= 4 is 23.1 Å². The van der Waals surface area contributed by atoms with E-state index in [9.17, 15) is 4.79 Å². The molecule has 0 saturated carbocycles. The van der Waals surface area contributed by atoms with E-state index < -0.39 is 6.10 Å². The van der Waals surface area contributed by atoms with Crippen molar-refractivity contribution < 1.29 is 14.3 Å². The lowest BCUT2D eigenvalue weighted by atomic mass is 10.2. The maximum atomic E-state index is 12.5. The van der Waals surface area contributed by atoms with Crippen molar-refractivity contribution in [2.45, 2.75) is 6.10 Å². The number of fused-ring (bicyclic) bond motifs is 1. The molecule has 2 N–H and O–H groups in total. The number of ether oxygens (including phenoxy) is 2. The van der Waals surface area contributed by atoms with E-state index >= 15 is 0 Å². The van der Waals surface area contributed by atoms with Crippen molar-refractivity contribution in [1.82, 2.24) is 20.0 Å². The number of anilines is 3. The van der Waals surface area contributed by atoms with E-state index in [1.807, 2.05) is 48.5 Å². The molecular weight excluding hydrogens is 396 g/mol. The van der Waals surface area contributed by atoms with Crippen molar-refractivity contribution in [3.63, 3.8) is 0 Å². The number of amides is 1. The van der Waals surface area contributed by atoms with Crippen LogP contribution >= 0.6 is 0 Å². The molecule has 0 spiro atoms. The minimum atomic E-state index is -0.712. The number of hydrogen-bond acceptors (Lipinski definition) is 7. The minimum Gasteiger partial charge on any atom is -0.485 e. The van der Waals surface area contributed by atoms with Crippen LogP contribution in [-0.4, -0.2) is 38.6 Å². The van der Waals surface area contributed by atoms with Crippen LogP contribution < -0.4 is 20.1 Å². The summed E-state index contributed by atoms with van der Waals surface area (Å²) in [6, 6.07) is 20.0. The first kappa shape index (κ1) is 18.6. The zero-order valence-electron chi connectivity index (χ0n) is 16.3. The average molecular weight is 414 g/mol. The fourth-order valence-corrected chi connectivity index (χ4v) is 3.07. The number of nitrogens with zero attached hydrogens (tertiary/aromatic N) is 4. The number of para-hydroxylation sites is 2. The van der Waals surface area contributed by atoms with Crippen LogP contribution in [-0.2, 0) is 4.79 Å². The third-order valence-corrected chi connectivity index (χ3v) is 4.62. The zero-order valence-corrected chi connectivity index (χ0v) is 16.3. The van der Waals surface area contributed by atoms with E-state index in [1.54, 1.807) is 35.3 Å². The highest BCUT2D eigenvalue weighted by Crippen LogP contribution is 2.31. The van der Waals surface area contributed by atoms with Gasteiger partial charge in [0.1, 0.15) is 6.61 Å². The monoisotopic (exact) mass is 414 g/mol. The Bertz CT molecular complexity index is 1180. The van der Waals surface area contributed by atoms with Crippen LogP contribution in [0.15, 0.2) is 79.1 Å². The molecule has 154 valence electrons. The van der Waals surface area contributed by atoms with Gasteiger partial charge in [-0.2, -0.15) is 5.10 Å². The van der Waals surface area contributed by atoms with Crippen molar-refractivity contribution in [1.29, 1.82) is 0 Å². The van der Waals surface area contributed by atoms with Crippen molar-refractivity contribution in [2.24, 2.45) is 0 Å². The maximum absolute atomic E-state index is 12.5. The predicted octanol–water partition coefficient (Wildman–Crippen LogP) is 3.18. The fraction of sp³-hybridized carbons (Fsp3) is 0.0909. The molecule has 9 heteroatoms. The third kappa shape index (κ3) is 4.15. The van der Waals surface area contributed by atoms with Gasteiger partial charge in [-0.3, -0.25) is 4.79 Å². The molecule has 0 unspecified atom stereocenters. The van der Waals surface area contributed by atoms with E-state index in [4.69, 9.17) is 9.47 Å². The molecule has 31 heavy (non-hydrogen) atoms. The molecule has 1 aliphatic rings. The average Bonchev–Trinajstić information content (AvgIpc) is 3.35. The van der Waals surface area contributed by atoms with E-state index in [-0.39, 0.29) is 12.5 Å². The van der Waals surface area contributed by atoms with E-state index in [2.05, 4.69) is 25.9 Å². The summed E-state index contributed by atoms with van der Waals surface area (Å²) in [4.78, 5) is 12.5. The van der Waals surface area contributed by atoms with Gasteiger partial charge in [0, 0.05) is 23.8 Å². The summed E-state index contributed by atoms with van der Waals surface area (Å²) in [5, 5.41) is 18.4. The van der Waals surface area contributed by atoms with Gasteiger partial charge in [-0.05, 0) is 54.6 Å². The van der Waals surface area contributed by atoms with Gasteiger partial charge in [0.2, 0.25) is 6.10 Å². The number of carbonyl (C=O) groups is 1. The van der Waals surface area contributed by atoms with Crippen molar-refractivity contribution in [3.05, 3.63) is 79.1 Å². The number of hydrogen-bond donors (Lipinski definition) is 2. The van der Waals surface area contributed by atoms with Gasteiger partial charge in [-0.15, -0.1) is 10.2 Å². The van der Waals surface area contributed by atoms with Gasteiger partial charge >= 0.3 is 0 Å². The molecule has 3 heterocycles. The second-order valence-electron chi connectivity index (χ2n) is 6.78. The number of carbonyl (C=O) groups excluding carboxylic acids is 1. The van der Waals surface area contributed by atoms with Gasteiger partial charge in [-0.25, -0.2) is 4.68 Å². The second-order valence-corrected chi connectivity index (χ2v) is 6.78. The molecule has 0 saturated heterocycles. The first-order chi connectivity index (χ1) is 15.2. The molecular formula is C22H18N6O3. The third-order valence-electron chi connectivity index (χ3n) is 4.62. The SMILES string of the molecule is O=C(Nc1ccc(Nc2ccc(-n3cccn3)nn2)cc1)[C@@H]1COc2ccccc2O1. The number of nitrogens with one attached hydrogen (secondary N) is 2. The van der Waals surface area contributed by atoms with Crippen molar-refractivity contribution in [3.8, 4) is 17.3 Å². The highest BCUT2D eigenvalue weighted by molar-refractivity contribution is 5.94. The number of rotatable bonds is 5. The largest absolute Gasteiger partial charge is 0.485 e. The standard InChI is InChI=1S/C22H18N6O3/c29-22(19-14-30-17-4-1-2-5-18(17)31-19)25-16-8-6-15(7-9-16)24-20-10-11-21(27-26-20)28-13-3-12-23-28/h1-13,19H,14H2,(H,24,26)(H,25,29)/t19-/m0/s1. The first-order valence-electron chi connectivity index (χ1n) is 9.65. The molecule has 2 aromatic carbocycles. The van der Waals surface area contributed by atoms with Crippen LogP contribution in [0.5, 0.6) is 11.5 Å². The van der Waals surface area contributed by atoms with E-state index in [1.165, 1.54) is 0 Å². The van der Waals surface area contributed by atoms with E-state index in [0.29, 0.717) is 28.8 Å². The van der Waals surface area contributed by atoms with Gasteiger partial charge in [0.15, 0.2) is 23.1 Å². The maximum Gasteiger partial charge on any atom is 0.269 e. The van der Waals surface area contributed by atoms with Gasteiger partial charge in [0.05, 0.1) is 0 Å². The number of aromatic nitrogens is 4. The summed E-state index contributed by atoms with van der Waals surface area (Å²) < 4.78 is 13.0. The van der Waals surface area contributed by atoms with Gasteiger partial charge < -0.3 is 20.1 Å². The van der Waals surface area contributed by atoms with Crippen LogP contribution in [0.1, 0.15) is 0 Å². The fourth-order valence-electron chi connectivity index (χ4n) is 3.07. The molecule has 0 aliphatic carbocycles. The highest BCUT2D eigenvalue weighted by Gasteiger charge is 2.27. The lowest BCUT2D eigenvalue weighted by Gasteiger charge is -2.25. The Morgan fingerprint density at radius 1 is 0.935 bits per heavy atom. The van der Waals surface area contributed by atoms with Crippen LogP contribution in [0.2, 0.25) is 0 Å². The Morgan fingerprint density at radius 2 is 1.74 bits per heavy atom. The molecule has 1 amide bonds. The molecule has 0 bridgehead atoms. The Morgan fingerprint density at radius 3 is 2.48 bits per heavy atom. The number of benzene rings is 2. The summed E-state index contributed by atoms with van der Waals surface area (Å²) in [6.45, 7) is 0.162. The highest BCUT2D eigenvalue weighted by atomic mass is 16.6. The summed E-state index contributed by atoms with van der Waals surface area (Å²) in [7, 11) is 0. The lowest BCUT2D eigenvalue weighted by molar-refractivity contribution is -0.125. The topological polar surface area (TPSA) is 103 Å². The quantitative estimate of drug-likeness (QED) is 0.517. The summed E-state index contributed by atoms with van der Waals surface area (Å²) >= 11 is 0. The molecule has 2 aromatic heterocycles. The first-order valence-corrected chi connectivity index (χ1v) is 9.65. The summed E-state index contributed by atoms with van der Waals surface area (Å²) in [6.07, 6.45) is 2.77. The molecule has 9 nitrogen and oxygen atoms in total. The lowest BCUT2D eigenvalue weighted by Crippen LogP contribution is -2.40. The van der Waals surface area contributed by atoms with Crippen molar-refractivity contribution in [2.75, 3.05) is 17.2 Å². The second kappa shape index (κ2) is 8.15. The van der Waals surface area contributed by atoms with Gasteiger partial charge in [-0.1, -0.05) is 12.1 Å². The Labute approximate surface area is 177 Å². The molecule has 0 fully saturated rings. The Hall–Kier alpha value is -4.40. The molecule has 1 aliphatic heterocycles. The summed E-state index contributed by atoms with van der Waals surface area (Å²) in [5.41, 5.74) is 1.46. The molecule has 5 rings (SSSR count). The smallest absolute Gasteiger partial charge is 0.269 e. The zero-order chi connectivity index (χ0) is 21.0. The minimum absolute atomic E-state index is 0.162. The van der Waals surface area contributed by atoms with Crippen LogP contribution in [0, 0.1) is 0 Å².